The molecular weight excluding hydrogens is 288 g/mol. The fourth-order valence-electron chi connectivity index (χ4n) is 1.36. The Labute approximate surface area is 106 Å². The van der Waals surface area contributed by atoms with E-state index in [0.717, 1.165) is 23.1 Å². The van der Waals surface area contributed by atoms with Crippen molar-refractivity contribution in [2.75, 3.05) is 5.33 Å². The molecule has 2 aromatic rings. The fraction of sp³-hybridized carbons (Fsp3) is 0.200. The highest BCUT2D eigenvalue weighted by Gasteiger charge is 2.06. The number of benzene rings is 1. The van der Waals surface area contributed by atoms with Gasteiger partial charge in [0.1, 0.15) is 0 Å². The predicted octanol–water partition coefficient (Wildman–Crippen LogP) is 2.11. The molecule has 0 aliphatic heterocycles. The van der Waals surface area contributed by atoms with Gasteiger partial charge in [-0.25, -0.2) is 4.68 Å². The maximum atomic E-state index is 10.5. The average Bonchev–Trinajstić information content (AvgIpc) is 2.78. The molecule has 0 saturated carbocycles. The Balaban J connectivity index is 2.23. The van der Waals surface area contributed by atoms with Crippen LogP contribution in [0.15, 0.2) is 30.5 Å². The number of hydrogen-bond acceptors (Lipinski definition) is 4. The number of nitro benzene ring substituents is 1. The van der Waals surface area contributed by atoms with Crippen molar-refractivity contribution < 1.29 is 4.92 Å². The molecule has 0 atom stereocenters. The third-order valence-electron chi connectivity index (χ3n) is 2.22. The van der Waals surface area contributed by atoms with Crippen molar-refractivity contribution in [3.05, 3.63) is 46.3 Å². The van der Waals surface area contributed by atoms with Gasteiger partial charge in [-0.3, -0.25) is 10.1 Å². The van der Waals surface area contributed by atoms with Gasteiger partial charge in [0.25, 0.3) is 5.69 Å². The lowest BCUT2D eigenvalue weighted by molar-refractivity contribution is -0.384. The lowest BCUT2D eigenvalue weighted by atomic mass is 10.3. The van der Waals surface area contributed by atoms with E-state index in [1.807, 2.05) is 6.20 Å². The van der Waals surface area contributed by atoms with Crippen LogP contribution in [0.4, 0.5) is 5.69 Å². The van der Waals surface area contributed by atoms with E-state index >= 15 is 0 Å². The van der Waals surface area contributed by atoms with Crippen LogP contribution in [0.1, 0.15) is 5.69 Å². The maximum Gasteiger partial charge on any atom is 0.269 e. The van der Waals surface area contributed by atoms with Gasteiger partial charge in [0.15, 0.2) is 0 Å². The summed E-state index contributed by atoms with van der Waals surface area (Å²) in [6, 6.07) is 6.18. The topological polar surface area (TPSA) is 73.8 Å². The molecule has 2 rings (SSSR count). The molecule has 0 aliphatic carbocycles. The fourth-order valence-corrected chi connectivity index (χ4v) is 1.77. The predicted molar refractivity (Wildman–Crippen MR) is 65.5 cm³/mol. The largest absolute Gasteiger partial charge is 0.269 e. The Morgan fingerprint density at radius 1 is 1.35 bits per heavy atom. The summed E-state index contributed by atoms with van der Waals surface area (Å²) in [7, 11) is 0. The van der Waals surface area contributed by atoms with Gasteiger partial charge in [-0.2, -0.15) is 0 Å². The number of alkyl halides is 1. The monoisotopic (exact) mass is 296 g/mol. The molecule has 6 nitrogen and oxygen atoms in total. The molecule has 17 heavy (non-hydrogen) atoms. The SMILES string of the molecule is O=[N+]([O-])c1ccc(-n2cc(CCBr)nn2)cc1. The molecule has 0 saturated heterocycles. The molecule has 0 unspecified atom stereocenters. The molecule has 7 heteroatoms. The number of nitro groups is 1. The first-order chi connectivity index (χ1) is 8.20. The van der Waals surface area contributed by atoms with Crippen LogP contribution in [0.5, 0.6) is 0 Å². The van der Waals surface area contributed by atoms with Crippen LogP contribution in [-0.2, 0) is 6.42 Å². The van der Waals surface area contributed by atoms with Crippen LogP contribution in [0.2, 0.25) is 0 Å². The smallest absolute Gasteiger partial charge is 0.258 e. The molecule has 1 heterocycles. The summed E-state index contributed by atoms with van der Waals surface area (Å²) in [6.45, 7) is 0. The minimum atomic E-state index is -0.429. The third-order valence-corrected chi connectivity index (χ3v) is 2.61. The molecule has 1 aromatic heterocycles. The van der Waals surface area contributed by atoms with Gasteiger partial charge in [-0.15, -0.1) is 5.10 Å². The van der Waals surface area contributed by atoms with Crippen LogP contribution in [0.3, 0.4) is 0 Å². The minimum Gasteiger partial charge on any atom is -0.258 e. The van der Waals surface area contributed by atoms with E-state index < -0.39 is 4.92 Å². The highest BCUT2D eigenvalue weighted by molar-refractivity contribution is 9.09. The molecule has 0 aliphatic rings. The molecule has 0 N–H and O–H groups in total. The summed E-state index contributed by atoms with van der Waals surface area (Å²) < 4.78 is 1.60. The zero-order valence-corrected chi connectivity index (χ0v) is 10.4. The highest BCUT2D eigenvalue weighted by atomic mass is 79.9. The lowest BCUT2D eigenvalue weighted by Crippen LogP contribution is -1.95. The Morgan fingerprint density at radius 2 is 2.06 bits per heavy atom. The van der Waals surface area contributed by atoms with Crippen LogP contribution in [0.25, 0.3) is 5.69 Å². The van der Waals surface area contributed by atoms with Crippen LogP contribution in [-0.4, -0.2) is 25.2 Å². The average molecular weight is 297 g/mol. The zero-order chi connectivity index (χ0) is 12.3. The quantitative estimate of drug-likeness (QED) is 0.492. The van der Waals surface area contributed by atoms with E-state index in [9.17, 15) is 10.1 Å². The number of nitrogens with zero attached hydrogens (tertiary/aromatic N) is 4. The summed E-state index contributed by atoms with van der Waals surface area (Å²) in [5.41, 5.74) is 1.69. The van der Waals surface area contributed by atoms with Crippen molar-refractivity contribution in [1.29, 1.82) is 0 Å². The summed E-state index contributed by atoms with van der Waals surface area (Å²) in [5.74, 6) is 0. The van der Waals surface area contributed by atoms with E-state index in [1.54, 1.807) is 16.8 Å². The van der Waals surface area contributed by atoms with Gasteiger partial charge >= 0.3 is 0 Å². The lowest BCUT2D eigenvalue weighted by Gasteiger charge is -1.98. The first-order valence-electron chi connectivity index (χ1n) is 4.93. The molecule has 0 bridgehead atoms. The molecule has 0 amide bonds. The maximum absolute atomic E-state index is 10.5. The van der Waals surface area contributed by atoms with Crippen LogP contribution >= 0.6 is 15.9 Å². The van der Waals surface area contributed by atoms with Crippen molar-refractivity contribution in [3.63, 3.8) is 0 Å². The van der Waals surface area contributed by atoms with Gasteiger partial charge < -0.3 is 0 Å². The molecule has 0 radical (unpaired) electrons. The van der Waals surface area contributed by atoms with Crippen LogP contribution < -0.4 is 0 Å². The summed E-state index contributed by atoms with van der Waals surface area (Å²) in [6.07, 6.45) is 2.61. The van der Waals surface area contributed by atoms with Crippen molar-refractivity contribution in [2.24, 2.45) is 0 Å². The molecular formula is C10H9BrN4O2. The minimum absolute atomic E-state index is 0.0644. The normalized spacial score (nSPS) is 10.4. The van der Waals surface area contributed by atoms with Crippen molar-refractivity contribution >= 4 is 21.6 Å². The number of aromatic nitrogens is 3. The number of rotatable bonds is 4. The van der Waals surface area contributed by atoms with Gasteiger partial charge in [-0.1, -0.05) is 21.1 Å². The van der Waals surface area contributed by atoms with Crippen molar-refractivity contribution in [1.82, 2.24) is 15.0 Å². The van der Waals surface area contributed by atoms with E-state index in [2.05, 4.69) is 26.2 Å². The second-order valence-electron chi connectivity index (χ2n) is 3.37. The van der Waals surface area contributed by atoms with Gasteiger partial charge in [0.05, 0.1) is 22.5 Å². The summed E-state index contributed by atoms with van der Waals surface area (Å²) >= 11 is 3.33. The first-order valence-corrected chi connectivity index (χ1v) is 6.05. The molecule has 1 aromatic carbocycles. The molecule has 0 fully saturated rings. The Hall–Kier alpha value is -1.76. The van der Waals surface area contributed by atoms with Gasteiger partial charge in [0.2, 0.25) is 0 Å². The molecule has 88 valence electrons. The second-order valence-corrected chi connectivity index (χ2v) is 4.16. The Kier molecular flexibility index (Phi) is 3.48. The zero-order valence-electron chi connectivity index (χ0n) is 8.78. The van der Waals surface area contributed by atoms with Gasteiger partial charge in [0, 0.05) is 23.9 Å². The highest BCUT2D eigenvalue weighted by Crippen LogP contribution is 2.14. The van der Waals surface area contributed by atoms with Crippen molar-refractivity contribution in [2.45, 2.75) is 6.42 Å². The van der Waals surface area contributed by atoms with Crippen molar-refractivity contribution in [3.8, 4) is 5.69 Å². The Bertz CT molecular complexity index is 523. The van der Waals surface area contributed by atoms with Crippen LogP contribution in [0, 0.1) is 10.1 Å². The summed E-state index contributed by atoms with van der Waals surface area (Å²) in [5, 5.41) is 19.3. The number of aryl methyl sites for hydroxylation is 1. The second kappa shape index (κ2) is 5.05. The number of non-ortho nitro benzene ring substituents is 1. The Morgan fingerprint density at radius 3 is 2.65 bits per heavy atom. The first kappa shape index (κ1) is 11.7. The van der Waals surface area contributed by atoms with E-state index in [1.165, 1.54) is 12.1 Å². The number of hydrogen-bond donors (Lipinski definition) is 0. The van der Waals surface area contributed by atoms with Gasteiger partial charge in [-0.05, 0) is 12.1 Å². The van der Waals surface area contributed by atoms with E-state index in [4.69, 9.17) is 0 Å². The van der Waals surface area contributed by atoms with E-state index in [0.29, 0.717) is 0 Å². The standard InChI is InChI=1S/C10H9BrN4O2/c11-6-5-8-7-14(13-12-8)9-1-3-10(4-2-9)15(16)17/h1-4,7H,5-6H2. The molecule has 0 spiro atoms. The third kappa shape index (κ3) is 2.68. The van der Waals surface area contributed by atoms with E-state index in [-0.39, 0.29) is 5.69 Å². The summed E-state index contributed by atoms with van der Waals surface area (Å²) in [4.78, 5) is 10.1. The number of halogens is 1.